The molecule has 0 bridgehead atoms. The van der Waals surface area contributed by atoms with E-state index < -0.39 is 0 Å². The summed E-state index contributed by atoms with van der Waals surface area (Å²) >= 11 is 3.37. The Hall–Kier alpha value is -1.35. The van der Waals surface area contributed by atoms with E-state index in [0.29, 0.717) is 11.8 Å². The van der Waals surface area contributed by atoms with Crippen LogP contribution in [0.2, 0.25) is 0 Å². The average Bonchev–Trinajstić information content (AvgIpc) is 3.17. The Kier molecular flexibility index (Phi) is 3.08. The number of benzene rings is 1. The van der Waals surface area contributed by atoms with Crippen LogP contribution in [0.3, 0.4) is 0 Å². The molecule has 18 heavy (non-hydrogen) atoms. The van der Waals surface area contributed by atoms with Gasteiger partial charge in [0.1, 0.15) is 5.75 Å². The van der Waals surface area contributed by atoms with Crippen molar-refractivity contribution in [2.24, 2.45) is 0 Å². The normalized spacial score (nSPS) is 14.6. The molecule has 0 radical (unpaired) electrons. The standard InChI is InChI=1S/C15H14BrNO/c1-10-2-6-13(11-3-4-11)14(8-10)18-15-7-5-12(16)9-17-15/h2,5-9,11H,3-4H2,1H3. The minimum Gasteiger partial charge on any atom is -0.439 e. The number of halogens is 1. The van der Waals surface area contributed by atoms with Crippen LogP contribution in [0.15, 0.2) is 41.0 Å². The predicted octanol–water partition coefficient (Wildman–Crippen LogP) is 4.82. The first-order valence-electron chi connectivity index (χ1n) is 6.12. The molecule has 1 fully saturated rings. The van der Waals surface area contributed by atoms with E-state index >= 15 is 0 Å². The molecule has 1 aromatic carbocycles. The van der Waals surface area contributed by atoms with Crippen LogP contribution in [-0.4, -0.2) is 4.98 Å². The van der Waals surface area contributed by atoms with Crippen LogP contribution in [0.1, 0.15) is 29.9 Å². The van der Waals surface area contributed by atoms with Crippen molar-refractivity contribution in [1.29, 1.82) is 0 Å². The van der Waals surface area contributed by atoms with Crippen LogP contribution in [0.5, 0.6) is 11.6 Å². The molecule has 0 spiro atoms. The Bertz CT molecular complexity index is 561. The van der Waals surface area contributed by atoms with Gasteiger partial charge in [0.05, 0.1) is 0 Å². The average molecular weight is 304 g/mol. The van der Waals surface area contributed by atoms with Crippen molar-refractivity contribution in [2.75, 3.05) is 0 Å². The summed E-state index contributed by atoms with van der Waals surface area (Å²) in [5, 5.41) is 0. The van der Waals surface area contributed by atoms with Gasteiger partial charge in [-0.1, -0.05) is 12.1 Å². The van der Waals surface area contributed by atoms with E-state index in [4.69, 9.17) is 4.74 Å². The van der Waals surface area contributed by atoms with Gasteiger partial charge in [-0.25, -0.2) is 4.98 Å². The molecule has 1 aromatic heterocycles. The van der Waals surface area contributed by atoms with E-state index in [1.807, 2.05) is 12.1 Å². The first kappa shape index (κ1) is 11.7. The maximum absolute atomic E-state index is 5.91. The summed E-state index contributed by atoms with van der Waals surface area (Å²) in [5.74, 6) is 2.27. The lowest BCUT2D eigenvalue weighted by atomic mass is 10.1. The summed E-state index contributed by atoms with van der Waals surface area (Å²) < 4.78 is 6.87. The van der Waals surface area contributed by atoms with Gasteiger partial charge in [-0.2, -0.15) is 0 Å². The fraction of sp³-hybridized carbons (Fsp3) is 0.267. The van der Waals surface area contributed by atoms with Gasteiger partial charge in [0, 0.05) is 16.7 Å². The van der Waals surface area contributed by atoms with E-state index in [2.05, 4.69) is 46.0 Å². The molecule has 92 valence electrons. The molecule has 1 aliphatic rings. The van der Waals surface area contributed by atoms with Gasteiger partial charge in [-0.3, -0.25) is 0 Å². The van der Waals surface area contributed by atoms with Gasteiger partial charge >= 0.3 is 0 Å². The molecular formula is C15H14BrNO. The highest BCUT2D eigenvalue weighted by molar-refractivity contribution is 9.10. The molecule has 3 heteroatoms. The quantitative estimate of drug-likeness (QED) is 0.811. The van der Waals surface area contributed by atoms with Gasteiger partial charge in [0.15, 0.2) is 0 Å². The minimum absolute atomic E-state index is 0.644. The Labute approximate surface area is 115 Å². The molecule has 0 aliphatic heterocycles. The molecule has 0 N–H and O–H groups in total. The third-order valence-corrected chi connectivity index (χ3v) is 3.57. The summed E-state index contributed by atoms with van der Waals surface area (Å²) in [6.45, 7) is 2.08. The van der Waals surface area contributed by atoms with E-state index in [-0.39, 0.29) is 0 Å². The fourth-order valence-corrected chi connectivity index (χ4v) is 2.23. The first-order valence-corrected chi connectivity index (χ1v) is 6.91. The van der Waals surface area contributed by atoms with Crippen molar-refractivity contribution < 1.29 is 4.74 Å². The van der Waals surface area contributed by atoms with Crippen LogP contribution >= 0.6 is 15.9 Å². The fourth-order valence-electron chi connectivity index (χ4n) is 2.00. The number of hydrogen-bond acceptors (Lipinski definition) is 2. The highest BCUT2D eigenvalue weighted by Crippen LogP contribution is 2.45. The van der Waals surface area contributed by atoms with Crippen LogP contribution in [-0.2, 0) is 0 Å². The summed E-state index contributed by atoms with van der Waals surface area (Å²) in [6, 6.07) is 10.2. The second kappa shape index (κ2) is 4.73. The largest absolute Gasteiger partial charge is 0.439 e. The zero-order chi connectivity index (χ0) is 12.5. The molecule has 0 amide bonds. The molecule has 1 heterocycles. The predicted molar refractivity (Wildman–Crippen MR) is 75.2 cm³/mol. The highest BCUT2D eigenvalue weighted by atomic mass is 79.9. The number of pyridine rings is 1. The Morgan fingerprint density at radius 2 is 2.06 bits per heavy atom. The molecule has 0 atom stereocenters. The molecule has 2 aromatic rings. The second-order valence-corrected chi connectivity index (χ2v) is 5.65. The molecule has 3 rings (SSSR count). The van der Waals surface area contributed by atoms with E-state index in [1.54, 1.807) is 6.20 Å². The SMILES string of the molecule is Cc1ccc(C2CC2)c(Oc2ccc(Br)cn2)c1. The van der Waals surface area contributed by atoms with Gasteiger partial charge in [0.2, 0.25) is 5.88 Å². The van der Waals surface area contributed by atoms with Crippen molar-refractivity contribution in [3.63, 3.8) is 0 Å². The number of aromatic nitrogens is 1. The zero-order valence-electron chi connectivity index (χ0n) is 10.2. The molecular weight excluding hydrogens is 290 g/mol. The Morgan fingerprint density at radius 1 is 1.22 bits per heavy atom. The van der Waals surface area contributed by atoms with Crippen molar-refractivity contribution in [1.82, 2.24) is 4.98 Å². The maximum Gasteiger partial charge on any atom is 0.219 e. The third-order valence-electron chi connectivity index (χ3n) is 3.10. The van der Waals surface area contributed by atoms with Gasteiger partial charge < -0.3 is 4.74 Å². The minimum atomic E-state index is 0.644. The molecule has 1 saturated carbocycles. The molecule has 2 nitrogen and oxygen atoms in total. The van der Waals surface area contributed by atoms with Gasteiger partial charge in [-0.05, 0) is 64.9 Å². The summed E-state index contributed by atoms with van der Waals surface area (Å²) in [5.41, 5.74) is 2.52. The topological polar surface area (TPSA) is 22.1 Å². The summed E-state index contributed by atoms with van der Waals surface area (Å²) in [4.78, 5) is 4.25. The highest BCUT2D eigenvalue weighted by Gasteiger charge is 2.27. The number of hydrogen-bond donors (Lipinski definition) is 0. The summed E-state index contributed by atoms with van der Waals surface area (Å²) in [7, 11) is 0. The monoisotopic (exact) mass is 303 g/mol. The lowest BCUT2D eigenvalue weighted by molar-refractivity contribution is 0.456. The van der Waals surface area contributed by atoms with Crippen molar-refractivity contribution in [3.8, 4) is 11.6 Å². The molecule has 1 aliphatic carbocycles. The van der Waals surface area contributed by atoms with Crippen molar-refractivity contribution >= 4 is 15.9 Å². The van der Waals surface area contributed by atoms with Crippen LogP contribution in [0.4, 0.5) is 0 Å². The van der Waals surface area contributed by atoms with E-state index in [9.17, 15) is 0 Å². The van der Waals surface area contributed by atoms with Crippen molar-refractivity contribution in [3.05, 3.63) is 52.1 Å². The Balaban J connectivity index is 1.91. The van der Waals surface area contributed by atoms with Crippen LogP contribution < -0.4 is 4.74 Å². The van der Waals surface area contributed by atoms with Crippen molar-refractivity contribution in [2.45, 2.75) is 25.7 Å². The first-order chi connectivity index (χ1) is 8.72. The second-order valence-electron chi connectivity index (χ2n) is 4.73. The molecule has 0 saturated heterocycles. The number of aryl methyl sites for hydroxylation is 1. The smallest absolute Gasteiger partial charge is 0.219 e. The number of ether oxygens (including phenoxy) is 1. The van der Waals surface area contributed by atoms with E-state index in [0.717, 1.165) is 10.2 Å². The number of nitrogens with zero attached hydrogens (tertiary/aromatic N) is 1. The molecule has 0 unspecified atom stereocenters. The lowest BCUT2D eigenvalue weighted by Gasteiger charge is -2.10. The maximum atomic E-state index is 5.91. The summed E-state index contributed by atoms with van der Waals surface area (Å²) in [6.07, 6.45) is 4.29. The van der Waals surface area contributed by atoms with Gasteiger partial charge in [-0.15, -0.1) is 0 Å². The van der Waals surface area contributed by atoms with Gasteiger partial charge in [0.25, 0.3) is 0 Å². The Morgan fingerprint density at radius 3 is 2.72 bits per heavy atom. The zero-order valence-corrected chi connectivity index (χ0v) is 11.8. The lowest BCUT2D eigenvalue weighted by Crippen LogP contribution is -1.92. The van der Waals surface area contributed by atoms with Crippen LogP contribution in [0.25, 0.3) is 0 Å². The number of rotatable bonds is 3. The third kappa shape index (κ3) is 2.56. The van der Waals surface area contributed by atoms with E-state index in [1.165, 1.54) is 24.0 Å². The van der Waals surface area contributed by atoms with Crippen LogP contribution in [0, 0.1) is 6.92 Å².